The molecule has 0 fully saturated rings. The summed E-state index contributed by atoms with van der Waals surface area (Å²) < 4.78 is 10.9. The number of aromatic nitrogens is 1. The Morgan fingerprint density at radius 2 is 2.18 bits per heavy atom. The van der Waals surface area contributed by atoms with E-state index in [9.17, 15) is 0 Å². The van der Waals surface area contributed by atoms with Gasteiger partial charge in [0.05, 0.1) is 25.0 Å². The number of hydrogen-bond donors (Lipinski definition) is 1. The smallest absolute Gasteiger partial charge is 0.126 e. The van der Waals surface area contributed by atoms with E-state index in [2.05, 4.69) is 17.2 Å². The van der Waals surface area contributed by atoms with Gasteiger partial charge in [0.2, 0.25) is 0 Å². The van der Waals surface area contributed by atoms with Crippen LogP contribution < -0.4 is 5.32 Å². The third-order valence-electron chi connectivity index (χ3n) is 2.24. The van der Waals surface area contributed by atoms with E-state index >= 15 is 0 Å². The Balaban J connectivity index is 2.37. The van der Waals surface area contributed by atoms with E-state index in [-0.39, 0.29) is 6.10 Å². The lowest BCUT2D eigenvalue weighted by Crippen LogP contribution is -2.16. The van der Waals surface area contributed by atoms with Crippen molar-refractivity contribution in [3.05, 3.63) is 23.9 Å². The fraction of sp³-hybridized carbons (Fsp3) is 0.615. The van der Waals surface area contributed by atoms with Gasteiger partial charge in [-0.25, -0.2) is 4.98 Å². The van der Waals surface area contributed by atoms with Gasteiger partial charge in [0.15, 0.2) is 0 Å². The van der Waals surface area contributed by atoms with E-state index in [1.165, 1.54) is 0 Å². The number of nitrogens with one attached hydrogen (secondary N) is 1. The first-order chi connectivity index (χ1) is 8.26. The first-order valence-corrected chi connectivity index (χ1v) is 6.15. The molecule has 1 atom stereocenters. The van der Waals surface area contributed by atoms with Crippen molar-refractivity contribution < 1.29 is 9.47 Å². The summed E-state index contributed by atoms with van der Waals surface area (Å²) >= 11 is 0. The molecule has 96 valence electrons. The van der Waals surface area contributed by atoms with E-state index in [0.717, 1.165) is 24.7 Å². The molecule has 1 aromatic rings. The average molecular weight is 238 g/mol. The number of rotatable bonds is 8. The molecule has 0 saturated carbocycles. The monoisotopic (exact) mass is 238 g/mol. The lowest BCUT2D eigenvalue weighted by molar-refractivity contribution is -0.0127. The molecule has 1 unspecified atom stereocenters. The zero-order valence-electron chi connectivity index (χ0n) is 10.9. The predicted octanol–water partition coefficient (Wildman–Crippen LogP) is 2.46. The number of pyridine rings is 1. The van der Waals surface area contributed by atoms with Crippen LogP contribution in [0.5, 0.6) is 0 Å². The lowest BCUT2D eigenvalue weighted by Gasteiger charge is -2.13. The maximum absolute atomic E-state index is 5.65. The van der Waals surface area contributed by atoms with Gasteiger partial charge in [-0.15, -0.1) is 0 Å². The summed E-state index contributed by atoms with van der Waals surface area (Å²) in [5.74, 6) is 0.895. The van der Waals surface area contributed by atoms with E-state index in [1.54, 1.807) is 0 Å². The highest BCUT2D eigenvalue weighted by Crippen LogP contribution is 2.07. The summed E-state index contributed by atoms with van der Waals surface area (Å²) in [7, 11) is 0. The number of anilines is 1. The highest BCUT2D eigenvalue weighted by molar-refractivity contribution is 5.34. The Hall–Kier alpha value is -1.13. The molecule has 1 heterocycles. The van der Waals surface area contributed by atoms with Crippen LogP contribution >= 0.6 is 0 Å². The van der Waals surface area contributed by atoms with Crippen LogP contribution in [0, 0.1) is 0 Å². The fourth-order valence-electron chi connectivity index (χ4n) is 1.40. The average Bonchev–Trinajstić information content (AvgIpc) is 2.35. The van der Waals surface area contributed by atoms with Gasteiger partial charge in [0.1, 0.15) is 5.82 Å². The van der Waals surface area contributed by atoms with Crippen molar-refractivity contribution in [1.82, 2.24) is 4.98 Å². The molecule has 4 nitrogen and oxygen atoms in total. The largest absolute Gasteiger partial charge is 0.379 e. The first kappa shape index (κ1) is 13.9. The molecule has 0 aromatic carbocycles. The SMILES string of the molecule is CCNc1cccc(COC(C)COCC)n1. The van der Waals surface area contributed by atoms with Crippen molar-refractivity contribution in [2.45, 2.75) is 33.5 Å². The molecular weight excluding hydrogens is 216 g/mol. The van der Waals surface area contributed by atoms with Gasteiger partial charge >= 0.3 is 0 Å². The molecule has 4 heteroatoms. The minimum absolute atomic E-state index is 0.0968. The summed E-state index contributed by atoms with van der Waals surface area (Å²) in [5.41, 5.74) is 0.937. The van der Waals surface area contributed by atoms with Crippen molar-refractivity contribution in [2.24, 2.45) is 0 Å². The Labute approximate surface area is 103 Å². The van der Waals surface area contributed by atoms with E-state index in [4.69, 9.17) is 9.47 Å². The number of ether oxygens (including phenoxy) is 2. The van der Waals surface area contributed by atoms with Crippen molar-refractivity contribution in [3.63, 3.8) is 0 Å². The number of hydrogen-bond acceptors (Lipinski definition) is 4. The second-order valence-electron chi connectivity index (χ2n) is 3.83. The Kier molecular flexibility index (Phi) is 6.58. The van der Waals surface area contributed by atoms with Gasteiger partial charge in [-0.2, -0.15) is 0 Å². The minimum Gasteiger partial charge on any atom is -0.379 e. The molecular formula is C13H22N2O2. The molecule has 0 bridgehead atoms. The molecule has 0 saturated heterocycles. The van der Waals surface area contributed by atoms with Crippen LogP contribution in [-0.2, 0) is 16.1 Å². The Bertz CT molecular complexity index is 318. The zero-order valence-corrected chi connectivity index (χ0v) is 10.9. The molecule has 0 radical (unpaired) electrons. The second kappa shape index (κ2) is 8.03. The summed E-state index contributed by atoms with van der Waals surface area (Å²) in [6.45, 7) is 8.78. The topological polar surface area (TPSA) is 43.4 Å². The normalized spacial score (nSPS) is 12.4. The van der Waals surface area contributed by atoms with E-state index in [0.29, 0.717) is 13.2 Å². The first-order valence-electron chi connectivity index (χ1n) is 6.15. The van der Waals surface area contributed by atoms with Crippen LogP contribution in [0.25, 0.3) is 0 Å². The highest BCUT2D eigenvalue weighted by Gasteiger charge is 2.03. The quantitative estimate of drug-likeness (QED) is 0.755. The third-order valence-corrected chi connectivity index (χ3v) is 2.24. The summed E-state index contributed by atoms with van der Waals surface area (Å²) in [6, 6.07) is 5.90. The van der Waals surface area contributed by atoms with Crippen LogP contribution in [0.1, 0.15) is 26.5 Å². The van der Waals surface area contributed by atoms with Gasteiger partial charge in [-0.3, -0.25) is 0 Å². The molecule has 0 aliphatic carbocycles. The minimum atomic E-state index is 0.0968. The van der Waals surface area contributed by atoms with Crippen LogP contribution in [0.3, 0.4) is 0 Å². The Morgan fingerprint density at radius 3 is 2.88 bits per heavy atom. The van der Waals surface area contributed by atoms with Crippen LogP contribution in [-0.4, -0.2) is 30.8 Å². The third kappa shape index (κ3) is 5.65. The maximum Gasteiger partial charge on any atom is 0.126 e. The van der Waals surface area contributed by atoms with E-state index < -0.39 is 0 Å². The van der Waals surface area contributed by atoms with Crippen molar-refractivity contribution >= 4 is 5.82 Å². The molecule has 1 N–H and O–H groups in total. The molecule has 0 spiro atoms. The van der Waals surface area contributed by atoms with Crippen molar-refractivity contribution in [2.75, 3.05) is 25.1 Å². The van der Waals surface area contributed by atoms with Gasteiger partial charge in [-0.1, -0.05) is 6.07 Å². The molecule has 0 aliphatic rings. The molecule has 1 rings (SSSR count). The fourth-order valence-corrected chi connectivity index (χ4v) is 1.40. The van der Waals surface area contributed by atoms with Gasteiger partial charge in [0.25, 0.3) is 0 Å². The molecule has 1 aromatic heterocycles. The van der Waals surface area contributed by atoms with Gasteiger partial charge in [-0.05, 0) is 32.9 Å². The standard InChI is InChI=1S/C13H22N2O2/c1-4-14-13-8-6-7-12(15-13)10-17-11(3)9-16-5-2/h6-8,11H,4-5,9-10H2,1-3H3,(H,14,15). The molecule has 0 amide bonds. The predicted molar refractivity (Wildman–Crippen MR) is 69.1 cm³/mol. The van der Waals surface area contributed by atoms with Crippen LogP contribution in [0.4, 0.5) is 5.82 Å². The highest BCUT2D eigenvalue weighted by atomic mass is 16.5. The van der Waals surface area contributed by atoms with E-state index in [1.807, 2.05) is 32.0 Å². The zero-order chi connectivity index (χ0) is 12.5. The molecule has 0 aliphatic heterocycles. The van der Waals surface area contributed by atoms with Gasteiger partial charge < -0.3 is 14.8 Å². The van der Waals surface area contributed by atoms with Gasteiger partial charge in [0, 0.05) is 13.2 Å². The summed E-state index contributed by atoms with van der Waals surface area (Å²) in [4.78, 5) is 4.44. The van der Waals surface area contributed by atoms with Crippen molar-refractivity contribution in [3.8, 4) is 0 Å². The Morgan fingerprint density at radius 1 is 1.35 bits per heavy atom. The summed E-state index contributed by atoms with van der Waals surface area (Å²) in [6.07, 6.45) is 0.0968. The van der Waals surface area contributed by atoms with Crippen molar-refractivity contribution in [1.29, 1.82) is 0 Å². The number of nitrogens with zero attached hydrogens (tertiary/aromatic N) is 1. The second-order valence-corrected chi connectivity index (χ2v) is 3.83. The molecule has 17 heavy (non-hydrogen) atoms. The lowest BCUT2D eigenvalue weighted by atomic mass is 10.3. The van der Waals surface area contributed by atoms with Crippen LogP contribution in [0.15, 0.2) is 18.2 Å². The maximum atomic E-state index is 5.65. The van der Waals surface area contributed by atoms with Crippen LogP contribution in [0.2, 0.25) is 0 Å². The summed E-state index contributed by atoms with van der Waals surface area (Å²) in [5, 5.41) is 3.18.